The summed E-state index contributed by atoms with van der Waals surface area (Å²) in [6.07, 6.45) is 0. The minimum absolute atomic E-state index is 0.440. The average molecular weight is 247 g/mol. The molecule has 0 aliphatic rings. The highest BCUT2D eigenvalue weighted by atomic mass is 32.2. The molecule has 1 aromatic heterocycles. The van der Waals surface area contributed by atoms with Crippen molar-refractivity contribution in [3.63, 3.8) is 0 Å². The van der Waals surface area contributed by atoms with E-state index in [-0.39, 0.29) is 0 Å². The van der Waals surface area contributed by atoms with E-state index in [1.54, 1.807) is 24.9 Å². The highest BCUT2D eigenvalue weighted by Crippen LogP contribution is 2.22. The molecule has 88 valence electrons. The Morgan fingerprint density at radius 2 is 2.12 bits per heavy atom. The van der Waals surface area contributed by atoms with Crippen molar-refractivity contribution in [1.29, 1.82) is 0 Å². The van der Waals surface area contributed by atoms with Crippen molar-refractivity contribution in [3.8, 4) is 5.75 Å². The molecule has 0 radical (unpaired) electrons. The number of ether oxygens (including phenoxy) is 1. The Labute approximate surface area is 104 Å². The van der Waals surface area contributed by atoms with Crippen molar-refractivity contribution >= 4 is 17.6 Å². The predicted octanol–water partition coefficient (Wildman–Crippen LogP) is 2.36. The highest BCUT2D eigenvalue weighted by Gasteiger charge is 2.00. The fraction of sp³-hybridized carbons (Fsp3) is 0.167. The largest absolute Gasteiger partial charge is 0.497 e. The van der Waals surface area contributed by atoms with Crippen LogP contribution in [0.5, 0.6) is 5.75 Å². The van der Waals surface area contributed by atoms with Gasteiger partial charge in [0, 0.05) is 5.75 Å². The summed E-state index contributed by atoms with van der Waals surface area (Å²) in [4.78, 5) is 0. The van der Waals surface area contributed by atoms with Crippen LogP contribution in [0.2, 0.25) is 0 Å². The number of hydrogen-bond donors (Lipinski definition) is 1. The molecule has 2 aromatic rings. The monoisotopic (exact) mass is 247 g/mol. The van der Waals surface area contributed by atoms with E-state index in [4.69, 9.17) is 10.5 Å². The van der Waals surface area contributed by atoms with Crippen molar-refractivity contribution in [2.24, 2.45) is 0 Å². The van der Waals surface area contributed by atoms with Crippen molar-refractivity contribution in [1.82, 2.24) is 10.2 Å². The molecule has 0 amide bonds. The van der Waals surface area contributed by atoms with Crippen LogP contribution in [0, 0.1) is 0 Å². The number of nitrogens with zero attached hydrogens (tertiary/aromatic N) is 2. The number of methoxy groups -OCH3 is 1. The first kappa shape index (κ1) is 11.7. The Balaban J connectivity index is 1.99. The fourth-order valence-corrected chi connectivity index (χ4v) is 2.08. The van der Waals surface area contributed by atoms with Crippen molar-refractivity contribution < 1.29 is 4.74 Å². The average Bonchev–Trinajstić information content (AvgIpc) is 2.38. The smallest absolute Gasteiger partial charge is 0.146 e. The molecule has 0 atom stereocenters. The van der Waals surface area contributed by atoms with Gasteiger partial charge < -0.3 is 10.5 Å². The first-order valence-corrected chi connectivity index (χ1v) is 6.11. The number of nitrogens with two attached hydrogens (primary N) is 1. The quantitative estimate of drug-likeness (QED) is 0.840. The molecule has 0 fully saturated rings. The normalized spacial score (nSPS) is 10.2. The highest BCUT2D eigenvalue weighted by molar-refractivity contribution is 7.98. The van der Waals surface area contributed by atoms with Crippen LogP contribution in [0.3, 0.4) is 0 Å². The molecule has 0 bridgehead atoms. The molecule has 5 heteroatoms. The summed E-state index contributed by atoms with van der Waals surface area (Å²) >= 11 is 1.62. The molecule has 2 rings (SSSR count). The molecule has 0 saturated heterocycles. The number of benzene rings is 1. The lowest BCUT2D eigenvalue weighted by Crippen LogP contribution is -1.93. The molecule has 0 aliphatic carbocycles. The van der Waals surface area contributed by atoms with E-state index in [1.165, 1.54) is 5.56 Å². The van der Waals surface area contributed by atoms with Gasteiger partial charge in [0.05, 0.1) is 7.11 Å². The van der Waals surface area contributed by atoms with Gasteiger partial charge in [-0.05, 0) is 29.8 Å². The third-order valence-corrected chi connectivity index (χ3v) is 3.17. The van der Waals surface area contributed by atoms with Crippen LogP contribution >= 0.6 is 11.8 Å². The molecule has 2 N–H and O–H groups in total. The summed E-state index contributed by atoms with van der Waals surface area (Å²) in [6, 6.07) is 11.6. The van der Waals surface area contributed by atoms with E-state index < -0.39 is 0 Å². The molecular formula is C12H13N3OS. The van der Waals surface area contributed by atoms with Gasteiger partial charge in [0.15, 0.2) is 0 Å². The number of nitrogen functional groups attached to an aromatic ring is 1. The predicted molar refractivity (Wildman–Crippen MR) is 69.0 cm³/mol. The van der Waals surface area contributed by atoms with E-state index in [1.807, 2.05) is 24.3 Å². The van der Waals surface area contributed by atoms with Crippen LogP contribution in [0.1, 0.15) is 5.56 Å². The van der Waals surface area contributed by atoms with Crippen molar-refractivity contribution in [2.45, 2.75) is 10.8 Å². The second kappa shape index (κ2) is 5.54. The number of aromatic nitrogens is 2. The summed E-state index contributed by atoms with van der Waals surface area (Å²) in [5.74, 6) is 2.14. The van der Waals surface area contributed by atoms with Crippen molar-refractivity contribution in [3.05, 3.63) is 42.0 Å². The Morgan fingerprint density at radius 1 is 1.24 bits per heavy atom. The summed E-state index contributed by atoms with van der Waals surface area (Å²) in [7, 11) is 1.66. The number of anilines is 1. The van der Waals surface area contributed by atoms with Gasteiger partial charge in [-0.15, -0.1) is 10.2 Å². The second-order valence-corrected chi connectivity index (χ2v) is 4.43. The van der Waals surface area contributed by atoms with Crippen LogP contribution in [0.4, 0.5) is 5.82 Å². The first-order valence-electron chi connectivity index (χ1n) is 5.13. The number of thioether (sulfide) groups is 1. The van der Waals surface area contributed by atoms with Crippen LogP contribution in [-0.4, -0.2) is 17.3 Å². The summed E-state index contributed by atoms with van der Waals surface area (Å²) in [6.45, 7) is 0. The maximum atomic E-state index is 5.47. The molecule has 4 nitrogen and oxygen atoms in total. The van der Waals surface area contributed by atoms with Gasteiger partial charge in [0.1, 0.15) is 16.6 Å². The number of hydrogen-bond acceptors (Lipinski definition) is 5. The molecule has 17 heavy (non-hydrogen) atoms. The van der Waals surface area contributed by atoms with E-state index in [0.29, 0.717) is 5.82 Å². The third kappa shape index (κ3) is 3.35. The van der Waals surface area contributed by atoms with Gasteiger partial charge in [-0.25, -0.2) is 0 Å². The fourth-order valence-electron chi connectivity index (χ4n) is 1.33. The molecule has 0 saturated carbocycles. The molecule has 0 unspecified atom stereocenters. The van der Waals surface area contributed by atoms with Gasteiger partial charge in [0.2, 0.25) is 0 Å². The SMILES string of the molecule is COc1cccc(CSc2ccc(N)nn2)c1. The Morgan fingerprint density at radius 3 is 2.82 bits per heavy atom. The van der Waals surface area contributed by atoms with Gasteiger partial charge in [-0.3, -0.25) is 0 Å². The molecule has 0 aliphatic heterocycles. The molecule has 1 heterocycles. The molecule has 0 spiro atoms. The zero-order valence-electron chi connectivity index (χ0n) is 9.46. The van der Waals surface area contributed by atoms with Crippen molar-refractivity contribution in [2.75, 3.05) is 12.8 Å². The molecular weight excluding hydrogens is 234 g/mol. The van der Waals surface area contributed by atoms with E-state index in [0.717, 1.165) is 16.5 Å². The standard InChI is InChI=1S/C12H13N3OS/c1-16-10-4-2-3-9(7-10)8-17-12-6-5-11(13)14-15-12/h2-7H,8H2,1H3,(H2,13,14). The van der Waals surface area contributed by atoms with Gasteiger partial charge >= 0.3 is 0 Å². The minimum Gasteiger partial charge on any atom is -0.497 e. The van der Waals surface area contributed by atoms with Gasteiger partial charge in [-0.2, -0.15) is 0 Å². The minimum atomic E-state index is 0.440. The zero-order chi connectivity index (χ0) is 12.1. The Bertz CT molecular complexity index is 487. The Kier molecular flexibility index (Phi) is 3.82. The first-order chi connectivity index (χ1) is 8.28. The second-order valence-electron chi connectivity index (χ2n) is 3.44. The maximum absolute atomic E-state index is 5.47. The lowest BCUT2D eigenvalue weighted by Gasteiger charge is -2.03. The Hall–Kier alpha value is -1.75. The van der Waals surface area contributed by atoms with Gasteiger partial charge in [-0.1, -0.05) is 23.9 Å². The van der Waals surface area contributed by atoms with E-state index in [2.05, 4.69) is 16.3 Å². The third-order valence-electron chi connectivity index (χ3n) is 2.18. The summed E-state index contributed by atoms with van der Waals surface area (Å²) < 4.78 is 5.17. The maximum Gasteiger partial charge on any atom is 0.146 e. The van der Waals surface area contributed by atoms with E-state index >= 15 is 0 Å². The zero-order valence-corrected chi connectivity index (χ0v) is 10.3. The van der Waals surface area contributed by atoms with E-state index in [9.17, 15) is 0 Å². The number of rotatable bonds is 4. The van der Waals surface area contributed by atoms with Crippen LogP contribution in [0.15, 0.2) is 41.4 Å². The summed E-state index contributed by atoms with van der Waals surface area (Å²) in [5, 5.41) is 8.66. The molecule has 1 aromatic carbocycles. The van der Waals surface area contributed by atoms with Crippen LogP contribution in [-0.2, 0) is 5.75 Å². The van der Waals surface area contributed by atoms with Crippen LogP contribution in [0.25, 0.3) is 0 Å². The lowest BCUT2D eigenvalue weighted by atomic mass is 10.2. The van der Waals surface area contributed by atoms with Gasteiger partial charge in [0.25, 0.3) is 0 Å². The topological polar surface area (TPSA) is 61.0 Å². The summed E-state index contributed by atoms with van der Waals surface area (Å²) in [5.41, 5.74) is 6.66. The van der Waals surface area contributed by atoms with Crippen LogP contribution < -0.4 is 10.5 Å². The lowest BCUT2D eigenvalue weighted by molar-refractivity contribution is 0.414.